The normalized spacial score (nSPS) is 21.1. The van der Waals surface area contributed by atoms with Crippen molar-refractivity contribution in [3.05, 3.63) is 140 Å². The molecule has 5 rings (SSSR count). The number of hydrogen-bond donors (Lipinski definition) is 12. The van der Waals surface area contributed by atoms with Crippen LogP contribution in [0.4, 0.5) is 0 Å². The summed E-state index contributed by atoms with van der Waals surface area (Å²) in [7, 11) is 1.95. The lowest BCUT2D eigenvalue weighted by Crippen LogP contribution is -2.62. The topological polar surface area (TPSA) is 362 Å². The molecule has 0 bridgehead atoms. The molecule has 1 heterocycles. The van der Waals surface area contributed by atoms with E-state index in [0.29, 0.717) is 50.2 Å². The van der Waals surface area contributed by atoms with Crippen LogP contribution in [-0.4, -0.2) is 131 Å². The quantitative estimate of drug-likeness (QED) is 0.0463. The molecule has 1 aliphatic rings. The molecule has 21 nitrogen and oxygen atoms in total. The minimum atomic E-state index is -1.74. The lowest BCUT2D eigenvalue weighted by molar-refractivity contribution is -0.136. The molecule has 16 N–H and O–H groups in total. The van der Waals surface area contributed by atoms with E-state index in [4.69, 9.17) is 57.7 Å². The predicted molar refractivity (Wildman–Crippen MR) is 304 cm³/mol. The van der Waals surface area contributed by atoms with Gasteiger partial charge in [0, 0.05) is 51.4 Å². The van der Waals surface area contributed by atoms with Gasteiger partial charge in [0.1, 0.15) is 42.3 Å². The lowest BCUT2D eigenvalue weighted by atomic mass is 10.00. The van der Waals surface area contributed by atoms with Gasteiger partial charge in [0.05, 0.1) is 12.1 Å². The molecule has 9 atom stereocenters. The maximum Gasteiger partial charge on any atom is 0.248 e. The van der Waals surface area contributed by atoms with Crippen molar-refractivity contribution < 1.29 is 48.3 Å². The Bertz CT molecular complexity index is 2770. The second kappa shape index (κ2) is 31.4. The van der Waals surface area contributed by atoms with Gasteiger partial charge in [0.2, 0.25) is 53.2 Å². The van der Waals surface area contributed by atoms with Crippen molar-refractivity contribution in [2.24, 2.45) is 22.9 Å². The summed E-state index contributed by atoms with van der Waals surface area (Å²) in [5.41, 5.74) is 25.8. The fourth-order valence-electron chi connectivity index (χ4n) is 8.01. The first-order valence-electron chi connectivity index (χ1n) is 25.0. The Kier molecular flexibility index (Phi) is 25.2. The molecule has 1 unspecified atom stereocenters. The molecule has 4 aromatic carbocycles. The minimum Gasteiger partial charge on any atom is -0.391 e. The third kappa shape index (κ3) is 20.6. The highest BCUT2D eigenvalue weighted by atomic mass is 35.5. The standard InChI is InChI=1S/C53H64Cl3N11O10S2/c1-28(68)44-53(77)66-43(51(75)62-39(46(60)70)23-31-9-17-35(55)18-10-31)27-79-78-26-42(65-47(71)37(58)22-29-7-15-34(54)16-8-29)52(76)64-41(25-32-11-19-36(56)20-12-32)50(74)63-40(24-30-5-13-33(14-6-30)45(59)69)49(73)61-38(48(72)67-44)4-2-3-21-57/h5-20,28,37-44,68H,2-4,21-27,57-58H2,1H3,(H2,59,69)(H2,60,70)(H,61,73)(H,62,75)(H,63,74)(H,64,76)(H,65,71)(H,66,77)(H,67,72)/t28-,37+,38+,39?,40-,41+,42-,43+,44+/m1/s1. The van der Waals surface area contributed by atoms with Crippen LogP contribution in [0.15, 0.2) is 97.1 Å². The highest BCUT2D eigenvalue weighted by Gasteiger charge is 2.36. The molecule has 4 aromatic rings. The van der Waals surface area contributed by atoms with Crippen LogP contribution in [-0.2, 0) is 64.0 Å². The Morgan fingerprint density at radius 2 is 1.09 bits per heavy atom. The van der Waals surface area contributed by atoms with Crippen LogP contribution >= 0.6 is 56.4 Å². The van der Waals surface area contributed by atoms with Crippen LogP contribution in [0.25, 0.3) is 0 Å². The SMILES string of the molecule is C[C@@H](O)[C@@H]1NC(=O)[C@H](CCCCN)NC(=O)[C@@H](Cc2ccc(C(N)=O)cc2)NC(=O)[C@H](Cc2ccc(Cl)cc2)NC(=O)[C@H](NC(=O)[C@@H](N)Cc2ccc(Cl)cc2)CSSC[C@@H](C(=O)NC(Cc2ccc(Cl)cc2)C(N)=O)NC1=O. The van der Waals surface area contributed by atoms with Gasteiger partial charge < -0.3 is 65.3 Å². The molecular weight excluding hydrogens is 1120 g/mol. The monoisotopic (exact) mass is 1180 g/mol. The van der Waals surface area contributed by atoms with Gasteiger partial charge in [0.15, 0.2) is 0 Å². The molecule has 1 fully saturated rings. The summed E-state index contributed by atoms with van der Waals surface area (Å²) >= 11 is 18.3. The Hall–Kier alpha value is -6.44. The predicted octanol–water partition coefficient (Wildman–Crippen LogP) is 1.13. The summed E-state index contributed by atoms with van der Waals surface area (Å²) in [5.74, 6) is -8.38. The van der Waals surface area contributed by atoms with Crippen LogP contribution in [0.2, 0.25) is 15.1 Å². The first-order valence-corrected chi connectivity index (χ1v) is 28.6. The third-order valence-corrected chi connectivity index (χ3v) is 15.7. The van der Waals surface area contributed by atoms with Crippen LogP contribution < -0.4 is 60.2 Å². The van der Waals surface area contributed by atoms with Crippen molar-refractivity contribution in [3.63, 3.8) is 0 Å². The van der Waals surface area contributed by atoms with Crippen molar-refractivity contribution in [3.8, 4) is 0 Å². The number of aliphatic hydroxyl groups excluding tert-OH is 1. The molecule has 0 aliphatic carbocycles. The molecule has 0 aromatic heterocycles. The summed E-state index contributed by atoms with van der Waals surface area (Å²) in [5, 5.41) is 30.8. The summed E-state index contributed by atoms with van der Waals surface area (Å²) < 4.78 is 0. The number of carbonyl (C=O) groups excluding carboxylic acids is 9. The van der Waals surface area contributed by atoms with E-state index < -0.39 is 108 Å². The van der Waals surface area contributed by atoms with Crippen LogP contribution in [0, 0.1) is 0 Å². The van der Waals surface area contributed by atoms with Gasteiger partial charge in [-0.25, -0.2) is 0 Å². The molecule has 424 valence electrons. The summed E-state index contributed by atoms with van der Waals surface area (Å²) in [6.07, 6.45) is -1.36. The van der Waals surface area contributed by atoms with E-state index in [-0.39, 0.29) is 55.7 Å². The number of nitrogens with two attached hydrogens (primary N) is 4. The number of nitrogens with one attached hydrogen (secondary N) is 7. The zero-order chi connectivity index (χ0) is 57.8. The summed E-state index contributed by atoms with van der Waals surface area (Å²) in [4.78, 5) is 125. The van der Waals surface area contributed by atoms with Gasteiger partial charge in [-0.3, -0.25) is 43.2 Å². The van der Waals surface area contributed by atoms with E-state index >= 15 is 0 Å². The Balaban J connectivity index is 1.57. The first-order chi connectivity index (χ1) is 37.6. The molecule has 0 radical (unpaired) electrons. The molecule has 0 saturated carbocycles. The Labute approximate surface area is 479 Å². The largest absolute Gasteiger partial charge is 0.391 e. The Morgan fingerprint density at radius 3 is 1.59 bits per heavy atom. The van der Waals surface area contributed by atoms with Gasteiger partial charge in [0.25, 0.3) is 0 Å². The van der Waals surface area contributed by atoms with Gasteiger partial charge >= 0.3 is 0 Å². The van der Waals surface area contributed by atoms with E-state index in [0.717, 1.165) is 21.6 Å². The van der Waals surface area contributed by atoms with Crippen molar-refractivity contribution >= 4 is 110 Å². The van der Waals surface area contributed by atoms with E-state index in [1.165, 1.54) is 31.2 Å². The highest BCUT2D eigenvalue weighted by Crippen LogP contribution is 2.24. The fraction of sp³-hybridized carbons (Fsp3) is 0.377. The number of unbranched alkanes of at least 4 members (excludes halogenated alkanes) is 1. The summed E-state index contributed by atoms with van der Waals surface area (Å²) in [6, 6.07) is 13.9. The zero-order valence-corrected chi connectivity index (χ0v) is 46.8. The minimum absolute atomic E-state index is 0.0381. The van der Waals surface area contributed by atoms with Gasteiger partial charge in [-0.15, -0.1) is 0 Å². The maximum atomic E-state index is 14.8. The number of carbonyl (C=O) groups is 9. The molecule has 0 spiro atoms. The second-order valence-electron chi connectivity index (χ2n) is 18.7. The highest BCUT2D eigenvalue weighted by molar-refractivity contribution is 8.76. The van der Waals surface area contributed by atoms with Gasteiger partial charge in [-0.05, 0) is 110 Å². The zero-order valence-electron chi connectivity index (χ0n) is 42.9. The third-order valence-electron chi connectivity index (χ3n) is 12.5. The second-order valence-corrected chi connectivity index (χ2v) is 22.6. The smallest absolute Gasteiger partial charge is 0.248 e. The molecule has 26 heteroatoms. The average Bonchev–Trinajstić information content (AvgIpc) is 3.41. The van der Waals surface area contributed by atoms with Crippen LogP contribution in [0.5, 0.6) is 0 Å². The average molecular weight is 1190 g/mol. The lowest BCUT2D eigenvalue weighted by Gasteiger charge is -2.29. The maximum absolute atomic E-state index is 14.8. The molecule has 79 heavy (non-hydrogen) atoms. The fourth-order valence-corrected chi connectivity index (χ4v) is 10.7. The van der Waals surface area contributed by atoms with Crippen molar-refractivity contribution in [2.45, 2.75) is 106 Å². The van der Waals surface area contributed by atoms with E-state index in [1.54, 1.807) is 72.8 Å². The first kappa shape index (κ1) is 63.4. The molecule has 1 saturated heterocycles. The molecule has 9 amide bonds. The number of aliphatic hydroxyl groups is 1. The van der Waals surface area contributed by atoms with Crippen molar-refractivity contribution in [1.82, 2.24) is 37.2 Å². The van der Waals surface area contributed by atoms with Gasteiger partial charge in [-0.1, -0.05) is 105 Å². The van der Waals surface area contributed by atoms with E-state index in [2.05, 4.69) is 37.2 Å². The van der Waals surface area contributed by atoms with E-state index in [1.807, 2.05) is 0 Å². The number of amides is 9. The van der Waals surface area contributed by atoms with E-state index in [9.17, 15) is 48.3 Å². The number of primary amides is 2. The number of halogens is 3. The van der Waals surface area contributed by atoms with Gasteiger partial charge in [-0.2, -0.15) is 0 Å². The molecular formula is C53H64Cl3N11O10S2. The molecule has 1 aliphatic heterocycles. The van der Waals surface area contributed by atoms with Crippen LogP contribution in [0.3, 0.4) is 0 Å². The Morgan fingerprint density at radius 1 is 0.620 bits per heavy atom. The van der Waals surface area contributed by atoms with Crippen LogP contribution in [0.1, 0.15) is 58.8 Å². The number of benzene rings is 4. The number of hydrogen-bond acceptors (Lipinski definition) is 14. The van der Waals surface area contributed by atoms with Crippen molar-refractivity contribution in [2.75, 3.05) is 18.1 Å². The summed E-state index contributed by atoms with van der Waals surface area (Å²) in [6.45, 7) is 1.44. The number of rotatable bonds is 19. The van der Waals surface area contributed by atoms with Crippen molar-refractivity contribution in [1.29, 1.82) is 0 Å².